The number of alkyl halides is 9. The number of carbonyl (C=O) groups is 2. The van der Waals surface area contributed by atoms with Crippen molar-refractivity contribution in [1.82, 2.24) is 14.9 Å². The minimum absolute atomic E-state index is 0.00888. The number of hydrogen-bond donors (Lipinski definition) is 1. The van der Waals surface area contributed by atoms with Crippen LogP contribution in [0.1, 0.15) is 72.9 Å². The van der Waals surface area contributed by atoms with Crippen LogP contribution in [0.25, 0.3) is 0 Å². The lowest BCUT2D eigenvalue weighted by molar-refractivity contribution is -0.143. The molecule has 0 bridgehead atoms. The van der Waals surface area contributed by atoms with Crippen LogP contribution in [0.2, 0.25) is 0 Å². The topological polar surface area (TPSA) is 112 Å². The minimum atomic E-state index is -5.17. The molecule has 6 rings (SSSR count). The number of ether oxygens (including phenoxy) is 2. The van der Waals surface area contributed by atoms with Crippen LogP contribution in [0.4, 0.5) is 61.6 Å². The number of aromatic nitrogens is 2. The van der Waals surface area contributed by atoms with Crippen LogP contribution in [0.5, 0.6) is 0 Å². The summed E-state index contributed by atoms with van der Waals surface area (Å²) < 4.78 is 138. The normalized spacial score (nSPS) is 19.7. The van der Waals surface area contributed by atoms with Crippen molar-refractivity contribution in [2.45, 2.75) is 76.2 Å². The number of halogens is 9. The molecule has 11 nitrogen and oxygen atoms in total. The molecule has 1 N–H and O–H groups in total. The van der Waals surface area contributed by atoms with Gasteiger partial charge in [0.05, 0.1) is 59.7 Å². The number of carboxylic acid groups (broad SMARTS) is 1. The number of carboxylic acids is 1. The number of aliphatic carboxylic acids is 1. The van der Waals surface area contributed by atoms with Crippen LogP contribution >= 0.6 is 0 Å². The molecule has 20 heteroatoms. The Morgan fingerprint density at radius 1 is 0.864 bits per heavy atom. The molecule has 0 radical (unpaired) electrons. The highest BCUT2D eigenvalue weighted by atomic mass is 19.4. The smallest absolute Gasteiger partial charge is 0.416 e. The van der Waals surface area contributed by atoms with Gasteiger partial charge in [-0.1, -0.05) is 6.92 Å². The molecule has 2 aromatic carbocycles. The maximum Gasteiger partial charge on any atom is 0.416 e. The Balaban J connectivity index is 1.37. The second kappa shape index (κ2) is 17.8. The molecule has 0 spiro atoms. The van der Waals surface area contributed by atoms with Gasteiger partial charge >= 0.3 is 30.6 Å². The summed E-state index contributed by atoms with van der Waals surface area (Å²) in [7, 11) is 0. The van der Waals surface area contributed by atoms with Crippen LogP contribution in [-0.2, 0) is 39.3 Å². The number of amides is 1. The first-order chi connectivity index (χ1) is 27.8. The molecule has 59 heavy (non-hydrogen) atoms. The fraction of sp³-hybridized carbons (Fsp3) is 0.538. The number of anilines is 3. The average molecular weight is 847 g/mol. The summed E-state index contributed by atoms with van der Waals surface area (Å²) in [6.45, 7) is 4.25. The number of rotatable bonds is 11. The van der Waals surface area contributed by atoms with E-state index in [1.807, 2.05) is 9.80 Å². The van der Waals surface area contributed by atoms with Gasteiger partial charge in [0.25, 0.3) is 0 Å². The van der Waals surface area contributed by atoms with E-state index in [9.17, 15) is 49.1 Å². The van der Waals surface area contributed by atoms with Crippen molar-refractivity contribution in [3.8, 4) is 0 Å². The molecular weight excluding hydrogens is 803 g/mol. The average Bonchev–Trinajstić information content (AvgIpc) is 3.19. The van der Waals surface area contributed by atoms with Gasteiger partial charge in [-0.05, 0) is 92.2 Å². The van der Waals surface area contributed by atoms with Crippen LogP contribution in [0.3, 0.4) is 0 Å². The summed E-state index contributed by atoms with van der Waals surface area (Å²) in [4.78, 5) is 40.3. The first kappa shape index (κ1) is 43.7. The van der Waals surface area contributed by atoms with Gasteiger partial charge in [-0.15, -0.1) is 0 Å². The third-order valence-electron chi connectivity index (χ3n) is 10.9. The fourth-order valence-electron chi connectivity index (χ4n) is 7.86. The number of benzene rings is 2. The third kappa shape index (κ3) is 10.7. The van der Waals surface area contributed by atoms with Gasteiger partial charge in [-0.2, -0.15) is 39.5 Å². The van der Waals surface area contributed by atoms with Crippen molar-refractivity contribution < 1.29 is 63.7 Å². The summed E-state index contributed by atoms with van der Waals surface area (Å²) >= 11 is 0. The van der Waals surface area contributed by atoms with Gasteiger partial charge in [-0.3, -0.25) is 14.6 Å². The summed E-state index contributed by atoms with van der Waals surface area (Å²) in [5, 5.41) is 9.10. The standard InChI is InChI=1S/C39H43F9N6O5/c1-2-29-20-33(31-19-26(37(40,41)42)3-4-32(31)54(29)36(57)59-14-9-51-7-5-24(6-8-51)17-34(55)56)53(35-49-21-30(22-50-35)52-10-12-58-13-11-52)23-25-15-27(38(43,44)45)18-28(16-25)39(46,47)48/h3-4,15-16,18-19,21-22,24,29,33H,2,5-14,17,20,23H2,1H3,(H,55,56)/t29-,33+/m1/s1. The highest BCUT2D eigenvalue weighted by Gasteiger charge is 2.43. The number of carbonyl (C=O) groups excluding carboxylic acids is 1. The summed E-state index contributed by atoms with van der Waals surface area (Å²) in [6.07, 6.45) is -11.8. The largest absolute Gasteiger partial charge is 0.481 e. The van der Waals surface area contributed by atoms with E-state index in [1.54, 1.807) is 6.92 Å². The monoisotopic (exact) mass is 846 g/mol. The Hall–Kier alpha value is -4.85. The predicted molar refractivity (Wildman–Crippen MR) is 196 cm³/mol. The van der Waals surface area contributed by atoms with E-state index < -0.39 is 71.5 Å². The maximum absolute atomic E-state index is 14.3. The van der Waals surface area contributed by atoms with Crippen molar-refractivity contribution in [3.05, 3.63) is 76.6 Å². The molecule has 1 amide bonds. The Bertz CT molecular complexity index is 1900. The van der Waals surface area contributed by atoms with Gasteiger partial charge in [0.1, 0.15) is 6.61 Å². The van der Waals surface area contributed by atoms with Crippen molar-refractivity contribution in [2.24, 2.45) is 5.92 Å². The molecule has 322 valence electrons. The predicted octanol–water partition coefficient (Wildman–Crippen LogP) is 8.43. The molecular formula is C39H43F9N6O5. The Kier molecular flexibility index (Phi) is 13.2. The molecule has 4 heterocycles. The number of likely N-dealkylation sites (tertiary alicyclic amines) is 1. The zero-order chi connectivity index (χ0) is 42.7. The minimum Gasteiger partial charge on any atom is -0.481 e. The van der Waals surface area contributed by atoms with Crippen molar-refractivity contribution in [3.63, 3.8) is 0 Å². The second-order valence-corrected chi connectivity index (χ2v) is 14.8. The molecule has 2 atom stereocenters. The molecule has 0 saturated carbocycles. The first-order valence-corrected chi connectivity index (χ1v) is 19.1. The van der Waals surface area contributed by atoms with E-state index in [0.29, 0.717) is 76.6 Å². The van der Waals surface area contributed by atoms with Crippen LogP contribution < -0.4 is 14.7 Å². The lowest BCUT2D eigenvalue weighted by atomic mass is 9.87. The van der Waals surface area contributed by atoms with Crippen LogP contribution in [-0.4, -0.2) is 90.6 Å². The highest BCUT2D eigenvalue weighted by Crippen LogP contribution is 2.46. The fourth-order valence-corrected chi connectivity index (χ4v) is 7.86. The number of piperidine rings is 1. The van der Waals surface area contributed by atoms with Gasteiger partial charge in [-0.25, -0.2) is 14.8 Å². The summed E-state index contributed by atoms with van der Waals surface area (Å²) in [6, 6.07) is 1.86. The molecule has 2 fully saturated rings. The highest BCUT2D eigenvalue weighted by molar-refractivity contribution is 5.90. The van der Waals surface area contributed by atoms with Gasteiger partial charge in [0, 0.05) is 38.6 Å². The molecule has 3 aromatic rings. The van der Waals surface area contributed by atoms with Crippen molar-refractivity contribution in [2.75, 3.05) is 67.2 Å². The Morgan fingerprint density at radius 3 is 2.03 bits per heavy atom. The molecule has 0 unspecified atom stereocenters. The number of hydrogen-bond acceptors (Lipinski definition) is 9. The zero-order valence-corrected chi connectivity index (χ0v) is 31.9. The van der Waals surface area contributed by atoms with E-state index in [-0.39, 0.29) is 55.1 Å². The number of nitrogens with zero attached hydrogens (tertiary/aromatic N) is 6. The Labute approximate surface area is 333 Å². The molecule has 0 aliphatic carbocycles. The quantitative estimate of drug-likeness (QED) is 0.189. The van der Waals surface area contributed by atoms with Crippen LogP contribution in [0.15, 0.2) is 48.8 Å². The SMILES string of the molecule is CC[C@@H]1C[C@H](N(Cc2cc(C(F)(F)F)cc(C(F)(F)F)c2)c2ncc(N3CCOCC3)cn2)c2cc(C(F)(F)F)ccc2N1C(=O)OCCN1CCC(CC(=O)O)CC1. The third-order valence-corrected chi connectivity index (χ3v) is 10.9. The molecule has 3 aliphatic heterocycles. The summed E-state index contributed by atoms with van der Waals surface area (Å²) in [5.41, 5.74) is -4.23. The van der Waals surface area contributed by atoms with Crippen LogP contribution in [0, 0.1) is 5.92 Å². The van der Waals surface area contributed by atoms with E-state index in [1.165, 1.54) is 22.2 Å². The Morgan fingerprint density at radius 2 is 1.47 bits per heavy atom. The van der Waals surface area contributed by atoms with E-state index in [0.717, 1.165) is 18.2 Å². The van der Waals surface area contributed by atoms with Gasteiger partial charge in [0.15, 0.2) is 0 Å². The lowest BCUT2D eigenvalue weighted by Crippen LogP contribution is -2.48. The number of morpholine rings is 1. The van der Waals surface area contributed by atoms with Gasteiger partial charge < -0.3 is 24.4 Å². The maximum atomic E-state index is 14.3. The number of fused-ring (bicyclic) bond motifs is 1. The van der Waals surface area contributed by atoms with E-state index >= 15 is 0 Å². The van der Waals surface area contributed by atoms with E-state index in [2.05, 4.69) is 9.97 Å². The van der Waals surface area contributed by atoms with E-state index in [4.69, 9.17) is 14.6 Å². The molecule has 3 aliphatic rings. The zero-order valence-electron chi connectivity index (χ0n) is 31.9. The molecule has 2 saturated heterocycles. The van der Waals surface area contributed by atoms with Gasteiger partial charge in [0.2, 0.25) is 5.95 Å². The molecule has 1 aromatic heterocycles. The lowest BCUT2D eigenvalue weighted by Gasteiger charge is -2.44. The van der Waals surface area contributed by atoms with Crippen molar-refractivity contribution >= 4 is 29.4 Å². The summed E-state index contributed by atoms with van der Waals surface area (Å²) in [5.74, 6) is -1.03. The van der Waals surface area contributed by atoms with Crippen molar-refractivity contribution in [1.29, 1.82) is 0 Å². The first-order valence-electron chi connectivity index (χ1n) is 19.1. The second-order valence-electron chi connectivity index (χ2n) is 14.8.